The number of hydrogen-bond donors (Lipinski definition) is 2. The van der Waals surface area contributed by atoms with Crippen LogP contribution in [-0.2, 0) is 11.2 Å². The van der Waals surface area contributed by atoms with E-state index in [1.807, 2.05) is 30.3 Å². The smallest absolute Gasteiger partial charge is 0.321 e. The van der Waals surface area contributed by atoms with Gasteiger partial charge in [-0.15, -0.1) is 0 Å². The number of carbonyl (C=O) groups is 1. The van der Waals surface area contributed by atoms with Gasteiger partial charge in [-0.25, -0.2) is 0 Å². The molecule has 0 radical (unpaired) electrons. The molecule has 0 aliphatic rings. The Kier molecular flexibility index (Phi) is 13.0. The minimum atomic E-state index is -0.757. The number of aliphatic carboxylic acids is 1. The Bertz CT molecular complexity index is 433. The van der Waals surface area contributed by atoms with E-state index in [9.17, 15) is 9.90 Å². The van der Waals surface area contributed by atoms with Gasteiger partial charge in [0.25, 0.3) is 0 Å². The van der Waals surface area contributed by atoms with Crippen LogP contribution < -0.4 is 5.32 Å². The standard InChI is InChI=1S/C22H37NO2/c1-2-3-4-5-6-7-8-9-10-11-15-18-23-21(22(24)25)19-20-16-13-12-14-17-20/h12-14,16-17,21,23H,2-11,15,18-19H2,1H3,(H,24,25)/t21-/m0/s1. The summed E-state index contributed by atoms with van der Waals surface area (Å²) in [6.45, 7) is 3.05. The first-order valence-corrected chi connectivity index (χ1v) is 10.2. The zero-order chi connectivity index (χ0) is 18.2. The fourth-order valence-electron chi connectivity index (χ4n) is 3.16. The van der Waals surface area contributed by atoms with Gasteiger partial charge in [0, 0.05) is 0 Å². The Hall–Kier alpha value is -1.35. The van der Waals surface area contributed by atoms with Gasteiger partial charge in [0.05, 0.1) is 0 Å². The number of benzene rings is 1. The number of rotatable bonds is 16. The molecule has 0 amide bonds. The normalized spacial score (nSPS) is 12.2. The highest BCUT2D eigenvalue weighted by Crippen LogP contribution is 2.11. The lowest BCUT2D eigenvalue weighted by molar-refractivity contribution is -0.139. The van der Waals surface area contributed by atoms with Gasteiger partial charge in [-0.3, -0.25) is 4.79 Å². The molecule has 0 aliphatic heterocycles. The predicted molar refractivity (Wildman–Crippen MR) is 106 cm³/mol. The van der Waals surface area contributed by atoms with Crippen LogP contribution in [0, 0.1) is 0 Å². The summed E-state index contributed by atoms with van der Waals surface area (Å²) in [7, 11) is 0. The maximum absolute atomic E-state index is 11.4. The van der Waals surface area contributed by atoms with E-state index < -0.39 is 12.0 Å². The fraction of sp³-hybridized carbons (Fsp3) is 0.682. The molecule has 3 heteroatoms. The van der Waals surface area contributed by atoms with Crippen molar-refractivity contribution in [2.75, 3.05) is 6.54 Å². The van der Waals surface area contributed by atoms with Gasteiger partial charge in [-0.1, -0.05) is 101 Å². The predicted octanol–water partition coefficient (Wildman–Crippen LogP) is 5.58. The first-order valence-electron chi connectivity index (χ1n) is 10.2. The molecule has 1 aromatic carbocycles. The molecule has 142 valence electrons. The Morgan fingerprint density at radius 3 is 1.92 bits per heavy atom. The Morgan fingerprint density at radius 2 is 1.40 bits per heavy atom. The highest BCUT2D eigenvalue weighted by Gasteiger charge is 2.16. The van der Waals surface area contributed by atoms with Crippen LogP contribution in [0.5, 0.6) is 0 Å². The molecular weight excluding hydrogens is 310 g/mol. The van der Waals surface area contributed by atoms with Crippen molar-refractivity contribution in [1.82, 2.24) is 5.32 Å². The SMILES string of the molecule is CCCCCCCCCCCCCN[C@@H](Cc1ccccc1)C(=O)O. The average Bonchev–Trinajstić information content (AvgIpc) is 2.62. The van der Waals surface area contributed by atoms with Crippen molar-refractivity contribution in [2.45, 2.75) is 90.0 Å². The summed E-state index contributed by atoms with van der Waals surface area (Å²) in [4.78, 5) is 11.4. The summed E-state index contributed by atoms with van der Waals surface area (Å²) < 4.78 is 0. The minimum Gasteiger partial charge on any atom is -0.480 e. The van der Waals surface area contributed by atoms with Crippen LogP contribution in [0.15, 0.2) is 30.3 Å². The zero-order valence-electron chi connectivity index (χ0n) is 16.0. The van der Waals surface area contributed by atoms with Crippen LogP contribution in [0.25, 0.3) is 0 Å². The second-order valence-corrected chi connectivity index (χ2v) is 7.07. The van der Waals surface area contributed by atoms with Crippen molar-refractivity contribution >= 4 is 5.97 Å². The number of nitrogens with one attached hydrogen (secondary N) is 1. The average molecular weight is 348 g/mol. The summed E-state index contributed by atoms with van der Waals surface area (Å²) >= 11 is 0. The lowest BCUT2D eigenvalue weighted by atomic mass is 10.0. The third-order valence-corrected chi connectivity index (χ3v) is 4.75. The molecule has 1 rings (SSSR count). The molecule has 0 aliphatic carbocycles. The molecule has 1 atom stereocenters. The lowest BCUT2D eigenvalue weighted by Crippen LogP contribution is -2.39. The summed E-state index contributed by atoms with van der Waals surface area (Å²) in [5.74, 6) is -0.757. The van der Waals surface area contributed by atoms with Crippen molar-refractivity contribution in [3.8, 4) is 0 Å². The molecule has 2 N–H and O–H groups in total. The van der Waals surface area contributed by atoms with Crippen LogP contribution in [0.3, 0.4) is 0 Å². The van der Waals surface area contributed by atoms with Gasteiger partial charge in [-0.05, 0) is 24.9 Å². The van der Waals surface area contributed by atoms with Gasteiger partial charge in [0.2, 0.25) is 0 Å². The van der Waals surface area contributed by atoms with Crippen LogP contribution in [0.4, 0.5) is 0 Å². The van der Waals surface area contributed by atoms with Crippen molar-refractivity contribution < 1.29 is 9.90 Å². The van der Waals surface area contributed by atoms with E-state index in [1.165, 1.54) is 64.2 Å². The summed E-state index contributed by atoms with van der Waals surface area (Å²) in [5, 5.41) is 12.5. The van der Waals surface area contributed by atoms with Gasteiger partial charge >= 0.3 is 5.97 Å². The quantitative estimate of drug-likeness (QED) is 0.384. The lowest BCUT2D eigenvalue weighted by Gasteiger charge is -2.14. The summed E-state index contributed by atoms with van der Waals surface area (Å²) in [5.41, 5.74) is 1.07. The van der Waals surface area contributed by atoms with E-state index in [4.69, 9.17) is 0 Å². The fourth-order valence-corrected chi connectivity index (χ4v) is 3.16. The van der Waals surface area contributed by atoms with E-state index >= 15 is 0 Å². The molecule has 0 fully saturated rings. The second-order valence-electron chi connectivity index (χ2n) is 7.07. The van der Waals surface area contributed by atoms with E-state index in [0.717, 1.165) is 18.5 Å². The van der Waals surface area contributed by atoms with E-state index in [-0.39, 0.29) is 0 Å². The van der Waals surface area contributed by atoms with Gasteiger partial charge < -0.3 is 10.4 Å². The van der Waals surface area contributed by atoms with Crippen LogP contribution in [0.1, 0.15) is 83.1 Å². The molecular formula is C22H37NO2. The molecule has 0 bridgehead atoms. The maximum Gasteiger partial charge on any atom is 0.321 e. The highest BCUT2D eigenvalue weighted by molar-refractivity contribution is 5.73. The Balaban J connectivity index is 1.99. The number of carboxylic acids is 1. The second kappa shape index (κ2) is 14.9. The topological polar surface area (TPSA) is 49.3 Å². The third kappa shape index (κ3) is 11.8. The van der Waals surface area contributed by atoms with E-state index in [0.29, 0.717) is 6.42 Å². The number of carboxylic acid groups (broad SMARTS) is 1. The van der Waals surface area contributed by atoms with E-state index in [1.54, 1.807) is 0 Å². The van der Waals surface area contributed by atoms with Gasteiger partial charge in [-0.2, -0.15) is 0 Å². The molecule has 0 saturated carbocycles. The van der Waals surface area contributed by atoms with Crippen molar-refractivity contribution in [3.63, 3.8) is 0 Å². The van der Waals surface area contributed by atoms with E-state index in [2.05, 4.69) is 12.2 Å². The van der Waals surface area contributed by atoms with Crippen molar-refractivity contribution in [3.05, 3.63) is 35.9 Å². The molecule has 0 unspecified atom stereocenters. The molecule has 0 saturated heterocycles. The first-order chi connectivity index (χ1) is 12.2. The van der Waals surface area contributed by atoms with Crippen LogP contribution in [-0.4, -0.2) is 23.7 Å². The Labute approximate surface area is 154 Å². The van der Waals surface area contributed by atoms with Gasteiger partial charge in [0.15, 0.2) is 0 Å². The van der Waals surface area contributed by atoms with Crippen LogP contribution >= 0.6 is 0 Å². The number of hydrogen-bond acceptors (Lipinski definition) is 2. The highest BCUT2D eigenvalue weighted by atomic mass is 16.4. The third-order valence-electron chi connectivity index (χ3n) is 4.75. The van der Waals surface area contributed by atoms with Gasteiger partial charge in [0.1, 0.15) is 6.04 Å². The maximum atomic E-state index is 11.4. The monoisotopic (exact) mass is 347 g/mol. The van der Waals surface area contributed by atoms with Crippen LogP contribution in [0.2, 0.25) is 0 Å². The molecule has 25 heavy (non-hydrogen) atoms. The van der Waals surface area contributed by atoms with Crippen molar-refractivity contribution in [2.24, 2.45) is 0 Å². The summed E-state index contributed by atoms with van der Waals surface area (Å²) in [6, 6.07) is 9.36. The first kappa shape index (κ1) is 21.7. The molecule has 0 aromatic heterocycles. The summed E-state index contributed by atoms with van der Waals surface area (Å²) in [6.07, 6.45) is 15.0. The minimum absolute atomic E-state index is 0.481. The molecule has 1 aromatic rings. The molecule has 0 heterocycles. The molecule has 0 spiro atoms. The van der Waals surface area contributed by atoms with Crippen molar-refractivity contribution in [1.29, 1.82) is 0 Å². The number of unbranched alkanes of at least 4 members (excludes halogenated alkanes) is 10. The molecule has 3 nitrogen and oxygen atoms in total. The largest absolute Gasteiger partial charge is 0.480 e. The Morgan fingerprint density at radius 1 is 0.880 bits per heavy atom. The zero-order valence-corrected chi connectivity index (χ0v) is 16.0.